The molecule has 1 aliphatic rings. The maximum atomic E-state index is 5.78. The Morgan fingerprint density at radius 3 is 1.93 bits per heavy atom. The molecule has 0 aromatic rings. The average Bonchev–Trinajstić information content (AvgIpc) is 2.70. The molecule has 2 heteroatoms. The molecule has 0 saturated carbocycles. The molecule has 0 radical (unpaired) electrons. The van der Waals surface area contributed by atoms with Crippen LogP contribution < -0.4 is 0 Å². The number of ether oxygens (including phenoxy) is 2. The van der Waals surface area contributed by atoms with Crippen LogP contribution in [0.3, 0.4) is 0 Å². The van der Waals surface area contributed by atoms with Crippen molar-refractivity contribution in [2.45, 2.75) is 122 Å². The first-order valence-corrected chi connectivity index (χ1v) is 12.0. The summed E-state index contributed by atoms with van der Waals surface area (Å²) in [5, 5.41) is 0. The van der Waals surface area contributed by atoms with E-state index in [2.05, 4.69) is 31.2 Å². The summed E-state index contributed by atoms with van der Waals surface area (Å²) in [5.74, 6) is 0. The third kappa shape index (κ3) is 17.2. The predicted molar refractivity (Wildman–Crippen MR) is 118 cm³/mol. The number of hydrogen-bond acceptors (Lipinski definition) is 2. The van der Waals surface area contributed by atoms with E-state index < -0.39 is 0 Å². The van der Waals surface area contributed by atoms with Gasteiger partial charge in [-0.3, -0.25) is 0 Å². The van der Waals surface area contributed by atoms with Crippen LogP contribution in [0, 0.1) is 0 Å². The Balaban J connectivity index is 1.71. The lowest BCUT2D eigenvalue weighted by atomic mass is 10.1. The first kappa shape index (κ1) is 24.4. The minimum absolute atomic E-state index is 0.0926. The maximum Gasteiger partial charge on any atom is 0.157 e. The van der Waals surface area contributed by atoms with E-state index >= 15 is 0 Å². The van der Waals surface area contributed by atoms with Crippen molar-refractivity contribution in [3.05, 3.63) is 24.3 Å². The summed E-state index contributed by atoms with van der Waals surface area (Å²) in [4.78, 5) is 0. The average molecular weight is 379 g/mol. The molecule has 0 aromatic heterocycles. The van der Waals surface area contributed by atoms with Gasteiger partial charge in [-0.15, -0.1) is 0 Å². The van der Waals surface area contributed by atoms with E-state index in [-0.39, 0.29) is 6.29 Å². The maximum absolute atomic E-state index is 5.78. The number of unbranched alkanes of at least 4 members (excludes halogenated alkanes) is 11. The predicted octanol–water partition coefficient (Wildman–Crippen LogP) is 8.12. The standard InChI is InChI=1S/C25H46O2/c1-2-3-4-5-6-7-8-9-10-11-12-13-14-15-16-17-18-20-23-26-25-22-19-21-24-27-25/h5-6,9-10,25H,2-4,7-8,11-24H2,1H3/b6-5-,10-9-. The molecule has 0 aliphatic carbocycles. The molecule has 1 atom stereocenters. The van der Waals surface area contributed by atoms with Crippen LogP contribution in [0.25, 0.3) is 0 Å². The summed E-state index contributed by atoms with van der Waals surface area (Å²) in [6.07, 6.45) is 31.5. The fourth-order valence-electron chi connectivity index (χ4n) is 3.47. The van der Waals surface area contributed by atoms with Gasteiger partial charge in [0.2, 0.25) is 0 Å². The van der Waals surface area contributed by atoms with Crippen LogP contribution in [0.15, 0.2) is 24.3 Å². The van der Waals surface area contributed by atoms with Gasteiger partial charge in [0.15, 0.2) is 6.29 Å². The SMILES string of the molecule is CCCC/C=C\CC/C=C\CCCCCCCCCCOC1CCCCO1. The Kier molecular flexibility index (Phi) is 18.2. The Bertz CT molecular complexity index is 342. The summed E-state index contributed by atoms with van der Waals surface area (Å²) < 4.78 is 11.4. The van der Waals surface area contributed by atoms with Crippen molar-refractivity contribution in [3.8, 4) is 0 Å². The second kappa shape index (κ2) is 20.1. The van der Waals surface area contributed by atoms with Crippen molar-refractivity contribution in [2.24, 2.45) is 0 Å². The monoisotopic (exact) mass is 378 g/mol. The van der Waals surface area contributed by atoms with Crippen LogP contribution in [-0.2, 0) is 9.47 Å². The van der Waals surface area contributed by atoms with Crippen molar-refractivity contribution < 1.29 is 9.47 Å². The molecule has 27 heavy (non-hydrogen) atoms. The van der Waals surface area contributed by atoms with Crippen molar-refractivity contribution >= 4 is 0 Å². The van der Waals surface area contributed by atoms with Gasteiger partial charge < -0.3 is 9.47 Å². The van der Waals surface area contributed by atoms with Gasteiger partial charge in [0.05, 0.1) is 0 Å². The molecule has 0 spiro atoms. The first-order valence-electron chi connectivity index (χ1n) is 12.0. The lowest BCUT2D eigenvalue weighted by Gasteiger charge is -2.22. The molecule has 158 valence electrons. The summed E-state index contributed by atoms with van der Waals surface area (Å²) >= 11 is 0. The van der Waals surface area contributed by atoms with Crippen LogP contribution in [0.4, 0.5) is 0 Å². The summed E-state index contributed by atoms with van der Waals surface area (Å²) in [5.41, 5.74) is 0. The highest BCUT2D eigenvalue weighted by atomic mass is 16.7. The molecule has 0 N–H and O–H groups in total. The van der Waals surface area contributed by atoms with Gasteiger partial charge in [-0.1, -0.05) is 82.6 Å². The van der Waals surface area contributed by atoms with Gasteiger partial charge in [0, 0.05) is 13.2 Å². The smallest absolute Gasteiger partial charge is 0.157 e. The summed E-state index contributed by atoms with van der Waals surface area (Å²) in [6, 6.07) is 0. The van der Waals surface area contributed by atoms with Crippen LogP contribution in [0.5, 0.6) is 0 Å². The quantitative estimate of drug-likeness (QED) is 0.177. The van der Waals surface area contributed by atoms with E-state index in [4.69, 9.17) is 9.47 Å². The van der Waals surface area contributed by atoms with Gasteiger partial charge in [0.25, 0.3) is 0 Å². The molecule has 0 amide bonds. The van der Waals surface area contributed by atoms with E-state index in [0.717, 1.165) is 19.6 Å². The Morgan fingerprint density at radius 2 is 1.30 bits per heavy atom. The molecule has 1 saturated heterocycles. The second-order valence-corrected chi connectivity index (χ2v) is 7.95. The fraction of sp³-hybridized carbons (Fsp3) is 0.840. The molecule has 1 fully saturated rings. The molecule has 2 nitrogen and oxygen atoms in total. The third-order valence-electron chi connectivity index (χ3n) is 5.26. The van der Waals surface area contributed by atoms with E-state index in [1.165, 1.54) is 103 Å². The lowest BCUT2D eigenvalue weighted by Crippen LogP contribution is -2.22. The van der Waals surface area contributed by atoms with Gasteiger partial charge in [-0.05, 0) is 57.8 Å². The number of allylic oxidation sites excluding steroid dienone is 4. The zero-order valence-electron chi connectivity index (χ0n) is 18.1. The van der Waals surface area contributed by atoms with Crippen molar-refractivity contribution in [1.29, 1.82) is 0 Å². The molecular formula is C25H46O2. The molecular weight excluding hydrogens is 332 g/mol. The minimum atomic E-state index is 0.0926. The van der Waals surface area contributed by atoms with E-state index in [9.17, 15) is 0 Å². The second-order valence-electron chi connectivity index (χ2n) is 7.95. The largest absolute Gasteiger partial charge is 0.353 e. The van der Waals surface area contributed by atoms with Crippen molar-refractivity contribution in [1.82, 2.24) is 0 Å². The van der Waals surface area contributed by atoms with Crippen molar-refractivity contribution in [3.63, 3.8) is 0 Å². The van der Waals surface area contributed by atoms with Crippen LogP contribution in [0.1, 0.15) is 116 Å². The highest BCUT2D eigenvalue weighted by molar-refractivity contribution is 4.87. The first-order chi connectivity index (χ1) is 13.4. The molecule has 1 rings (SSSR count). The number of hydrogen-bond donors (Lipinski definition) is 0. The van der Waals surface area contributed by atoms with Crippen molar-refractivity contribution in [2.75, 3.05) is 13.2 Å². The summed E-state index contributed by atoms with van der Waals surface area (Å²) in [7, 11) is 0. The molecule has 0 bridgehead atoms. The highest BCUT2D eigenvalue weighted by Gasteiger charge is 2.13. The minimum Gasteiger partial charge on any atom is -0.353 e. The van der Waals surface area contributed by atoms with E-state index in [1.807, 2.05) is 0 Å². The van der Waals surface area contributed by atoms with Crippen LogP contribution >= 0.6 is 0 Å². The van der Waals surface area contributed by atoms with Crippen LogP contribution in [0.2, 0.25) is 0 Å². The lowest BCUT2D eigenvalue weighted by molar-refractivity contribution is -0.162. The van der Waals surface area contributed by atoms with Gasteiger partial charge in [0.1, 0.15) is 0 Å². The van der Waals surface area contributed by atoms with Gasteiger partial charge in [-0.25, -0.2) is 0 Å². The molecule has 0 aromatic carbocycles. The highest BCUT2D eigenvalue weighted by Crippen LogP contribution is 2.15. The Morgan fingerprint density at radius 1 is 0.704 bits per heavy atom. The Hall–Kier alpha value is -0.600. The fourth-order valence-corrected chi connectivity index (χ4v) is 3.47. The Labute approximate surface area is 169 Å². The zero-order valence-corrected chi connectivity index (χ0v) is 18.1. The van der Waals surface area contributed by atoms with Crippen LogP contribution in [-0.4, -0.2) is 19.5 Å². The molecule has 1 heterocycles. The van der Waals surface area contributed by atoms with E-state index in [1.54, 1.807) is 0 Å². The molecule has 1 unspecified atom stereocenters. The number of rotatable bonds is 18. The zero-order chi connectivity index (χ0) is 19.3. The third-order valence-corrected chi connectivity index (χ3v) is 5.26. The topological polar surface area (TPSA) is 18.5 Å². The summed E-state index contributed by atoms with van der Waals surface area (Å²) in [6.45, 7) is 4.02. The van der Waals surface area contributed by atoms with Gasteiger partial charge in [-0.2, -0.15) is 0 Å². The normalized spacial score (nSPS) is 18.0. The van der Waals surface area contributed by atoms with Gasteiger partial charge >= 0.3 is 0 Å². The molecule has 1 aliphatic heterocycles. The van der Waals surface area contributed by atoms with E-state index in [0.29, 0.717) is 0 Å².